The number of rotatable bonds is 6. The summed E-state index contributed by atoms with van der Waals surface area (Å²) in [7, 11) is 0. The number of hydrogen-bond acceptors (Lipinski definition) is 3. The van der Waals surface area contributed by atoms with Crippen LogP contribution < -0.4 is 5.32 Å². The minimum Gasteiger partial charge on any atom is -0.299 e. The van der Waals surface area contributed by atoms with Crippen LogP contribution in [0.5, 0.6) is 0 Å². The average Bonchev–Trinajstić information content (AvgIpc) is 3.09. The van der Waals surface area contributed by atoms with Crippen molar-refractivity contribution in [3.8, 4) is 6.07 Å². The zero-order valence-electron chi connectivity index (χ0n) is 11.2. The molecule has 2 fully saturated rings. The van der Waals surface area contributed by atoms with Gasteiger partial charge >= 0.3 is 0 Å². The van der Waals surface area contributed by atoms with Crippen molar-refractivity contribution in [3.63, 3.8) is 0 Å². The van der Waals surface area contributed by atoms with E-state index in [1.54, 1.807) is 0 Å². The number of nitriles is 1. The molecule has 17 heavy (non-hydrogen) atoms. The summed E-state index contributed by atoms with van der Waals surface area (Å²) in [4.78, 5) is 2.63. The van der Waals surface area contributed by atoms with E-state index in [-0.39, 0.29) is 5.54 Å². The second kappa shape index (κ2) is 5.37. The SMILES string of the molecule is CCCNC1(C#N)CCC(N(CC)C2CC2)C1. The Kier molecular flexibility index (Phi) is 4.06. The first-order chi connectivity index (χ1) is 8.24. The number of nitrogens with zero attached hydrogens (tertiary/aromatic N) is 2. The Morgan fingerprint density at radius 3 is 2.59 bits per heavy atom. The molecule has 0 bridgehead atoms. The lowest BCUT2D eigenvalue weighted by Crippen LogP contribution is -2.44. The summed E-state index contributed by atoms with van der Waals surface area (Å²) in [5, 5.41) is 12.9. The zero-order valence-corrected chi connectivity index (χ0v) is 11.2. The van der Waals surface area contributed by atoms with Crippen molar-refractivity contribution in [1.29, 1.82) is 5.26 Å². The molecule has 0 saturated heterocycles. The Balaban J connectivity index is 1.94. The summed E-state index contributed by atoms with van der Waals surface area (Å²) in [6.45, 7) is 6.53. The van der Waals surface area contributed by atoms with E-state index in [2.05, 4.69) is 30.1 Å². The first kappa shape index (κ1) is 12.9. The first-order valence-corrected chi connectivity index (χ1v) is 7.16. The molecule has 2 aliphatic carbocycles. The van der Waals surface area contributed by atoms with E-state index in [9.17, 15) is 5.26 Å². The van der Waals surface area contributed by atoms with E-state index in [4.69, 9.17) is 0 Å². The molecule has 1 N–H and O–H groups in total. The molecular weight excluding hydrogens is 210 g/mol. The molecule has 0 radical (unpaired) electrons. The number of hydrogen-bond donors (Lipinski definition) is 1. The molecule has 0 heterocycles. The normalized spacial score (nSPS) is 32.9. The molecule has 0 aromatic heterocycles. The minimum absolute atomic E-state index is 0.233. The Morgan fingerprint density at radius 2 is 2.06 bits per heavy atom. The fourth-order valence-corrected chi connectivity index (χ4v) is 3.19. The Bertz CT molecular complexity index is 292. The second-order valence-electron chi connectivity index (χ2n) is 5.58. The molecule has 96 valence electrons. The Labute approximate surface area is 105 Å². The van der Waals surface area contributed by atoms with Gasteiger partial charge in [0.15, 0.2) is 0 Å². The fourth-order valence-electron chi connectivity index (χ4n) is 3.19. The van der Waals surface area contributed by atoms with Gasteiger partial charge in [-0.15, -0.1) is 0 Å². The van der Waals surface area contributed by atoms with Gasteiger partial charge in [0.05, 0.1) is 6.07 Å². The lowest BCUT2D eigenvalue weighted by molar-refractivity contribution is 0.192. The third-order valence-electron chi connectivity index (χ3n) is 4.27. The topological polar surface area (TPSA) is 39.1 Å². The molecule has 0 aromatic carbocycles. The van der Waals surface area contributed by atoms with E-state index in [0.29, 0.717) is 6.04 Å². The third-order valence-corrected chi connectivity index (χ3v) is 4.27. The van der Waals surface area contributed by atoms with Crippen LogP contribution in [0.3, 0.4) is 0 Å². The van der Waals surface area contributed by atoms with Gasteiger partial charge in [-0.1, -0.05) is 13.8 Å². The summed E-state index contributed by atoms with van der Waals surface area (Å²) < 4.78 is 0. The lowest BCUT2D eigenvalue weighted by Gasteiger charge is -2.29. The van der Waals surface area contributed by atoms with Gasteiger partial charge in [-0.05, 0) is 51.6 Å². The van der Waals surface area contributed by atoms with E-state index < -0.39 is 0 Å². The zero-order chi connectivity index (χ0) is 12.3. The molecule has 2 rings (SSSR count). The summed E-state index contributed by atoms with van der Waals surface area (Å²) >= 11 is 0. The van der Waals surface area contributed by atoms with Gasteiger partial charge in [-0.3, -0.25) is 10.2 Å². The highest BCUT2D eigenvalue weighted by Crippen LogP contribution is 2.38. The van der Waals surface area contributed by atoms with E-state index in [0.717, 1.165) is 38.4 Å². The predicted octanol–water partition coefficient (Wildman–Crippen LogP) is 2.29. The van der Waals surface area contributed by atoms with Crippen molar-refractivity contribution < 1.29 is 0 Å². The van der Waals surface area contributed by atoms with Gasteiger partial charge in [0, 0.05) is 12.1 Å². The number of nitrogens with one attached hydrogen (secondary N) is 1. The maximum Gasteiger partial charge on any atom is 0.108 e. The molecule has 3 heteroatoms. The van der Waals surface area contributed by atoms with Gasteiger partial charge in [0.2, 0.25) is 0 Å². The van der Waals surface area contributed by atoms with Crippen molar-refractivity contribution in [2.24, 2.45) is 0 Å². The predicted molar refractivity (Wildman–Crippen MR) is 69.7 cm³/mol. The molecule has 2 atom stereocenters. The van der Waals surface area contributed by atoms with Crippen LogP contribution in [0.1, 0.15) is 52.4 Å². The summed E-state index contributed by atoms with van der Waals surface area (Å²) in [6.07, 6.45) is 7.08. The van der Waals surface area contributed by atoms with Crippen molar-refractivity contribution in [1.82, 2.24) is 10.2 Å². The van der Waals surface area contributed by atoms with Gasteiger partial charge in [0.25, 0.3) is 0 Å². The molecule has 2 unspecified atom stereocenters. The molecule has 0 aromatic rings. The van der Waals surface area contributed by atoms with Gasteiger partial charge in [-0.25, -0.2) is 0 Å². The van der Waals surface area contributed by atoms with Gasteiger partial charge in [-0.2, -0.15) is 5.26 Å². The second-order valence-corrected chi connectivity index (χ2v) is 5.58. The largest absolute Gasteiger partial charge is 0.299 e. The Hall–Kier alpha value is -0.590. The molecule has 2 aliphatic rings. The van der Waals surface area contributed by atoms with Crippen LogP contribution in [0, 0.1) is 11.3 Å². The van der Waals surface area contributed by atoms with Gasteiger partial charge < -0.3 is 0 Å². The van der Waals surface area contributed by atoms with E-state index >= 15 is 0 Å². The maximum atomic E-state index is 9.44. The third kappa shape index (κ3) is 2.81. The molecule has 0 spiro atoms. The molecular formula is C14H25N3. The van der Waals surface area contributed by atoms with Crippen molar-refractivity contribution >= 4 is 0 Å². The average molecular weight is 235 g/mol. The van der Waals surface area contributed by atoms with Crippen LogP contribution in [0.2, 0.25) is 0 Å². The summed E-state index contributed by atoms with van der Waals surface area (Å²) in [5.41, 5.74) is -0.233. The van der Waals surface area contributed by atoms with Crippen molar-refractivity contribution in [2.75, 3.05) is 13.1 Å². The monoisotopic (exact) mass is 235 g/mol. The standard InChI is InChI=1S/C14H25N3/c1-3-9-16-14(11-15)8-7-13(10-14)17(4-2)12-5-6-12/h12-13,16H,3-10H2,1-2H3. The van der Waals surface area contributed by atoms with E-state index in [1.807, 2.05) is 0 Å². The molecule has 0 amide bonds. The molecule has 0 aliphatic heterocycles. The van der Waals surface area contributed by atoms with Crippen LogP contribution in [0.15, 0.2) is 0 Å². The quantitative estimate of drug-likeness (QED) is 0.767. The van der Waals surface area contributed by atoms with E-state index in [1.165, 1.54) is 19.3 Å². The van der Waals surface area contributed by atoms with Crippen LogP contribution in [-0.2, 0) is 0 Å². The maximum absolute atomic E-state index is 9.44. The highest BCUT2D eigenvalue weighted by molar-refractivity contribution is 5.14. The summed E-state index contributed by atoms with van der Waals surface area (Å²) in [6, 6.07) is 4.00. The fraction of sp³-hybridized carbons (Fsp3) is 0.929. The smallest absolute Gasteiger partial charge is 0.108 e. The highest BCUT2D eigenvalue weighted by Gasteiger charge is 2.43. The first-order valence-electron chi connectivity index (χ1n) is 7.16. The van der Waals surface area contributed by atoms with Crippen LogP contribution in [0.4, 0.5) is 0 Å². The highest BCUT2D eigenvalue weighted by atomic mass is 15.2. The molecule has 3 nitrogen and oxygen atoms in total. The van der Waals surface area contributed by atoms with Crippen molar-refractivity contribution in [3.05, 3.63) is 0 Å². The Morgan fingerprint density at radius 1 is 1.29 bits per heavy atom. The van der Waals surface area contributed by atoms with Crippen molar-refractivity contribution in [2.45, 2.75) is 70.0 Å². The van der Waals surface area contributed by atoms with Crippen LogP contribution in [0.25, 0.3) is 0 Å². The molecule has 2 saturated carbocycles. The van der Waals surface area contributed by atoms with Crippen LogP contribution in [-0.4, -0.2) is 35.6 Å². The van der Waals surface area contributed by atoms with Crippen LogP contribution >= 0.6 is 0 Å². The lowest BCUT2D eigenvalue weighted by atomic mass is 9.99. The summed E-state index contributed by atoms with van der Waals surface area (Å²) in [5.74, 6) is 0. The minimum atomic E-state index is -0.233. The van der Waals surface area contributed by atoms with Gasteiger partial charge in [0.1, 0.15) is 5.54 Å².